The van der Waals surface area contributed by atoms with Gasteiger partial charge in [-0.25, -0.2) is 0 Å². The zero-order valence-electron chi connectivity index (χ0n) is 10.2. The monoisotopic (exact) mass is 213 g/mol. The summed E-state index contributed by atoms with van der Waals surface area (Å²) in [5.41, 5.74) is -0.245. The maximum atomic E-state index is 10.7. The van der Waals surface area contributed by atoms with Crippen LogP contribution in [0.1, 0.15) is 26.7 Å². The van der Waals surface area contributed by atoms with E-state index in [0.717, 1.165) is 38.5 Å². The van der Waals surface area contributed by atoms with Crippen molar-refractivity contribution in [1.82, 2.24) is 4.90 Å². The summed E-state index contributed by atoms with van der Waals surface area (Å²) >= 11 is 0. The lowest BCUT2D eigenvalue weighted by atomic mass is 9.95. The van der Waals surface area contributed by atoms with Gasteiger partial charge in [-0.1, -0.05) is 13.8 Å². The summed E-state index contributed by atoms with van der Waals surface area (Å²) in [5, 5.41) is 0. The summed E-state index contributed by atoms with van der Waals surface area (Å²) in [6.45, 7) is 7.32. The fraction of sp³-hybridized carbons (Fsp3) is 0.917. The Kier molecular flexibility index (Phi) is 4.74. The summed E-state index contributed by atoms with van der Waals surface area (Å²) in [6.07, 6.45) is 3.70. The Hall–Kier alpha value is -0.410. The number of hydrogen-bond acceptors (Lipinski definition) is 3. The van der Waals surface area contributed by atoms with E-state index in [1.54, 1.807) is 0 Å². The molecule has 0 atom stereocenters. The molecule has 1 aliphatic rings. The Balaban J connectivity index is 2.01. The molecule has 0 bridgehead atoms. The topological polar surface area (TPSA) is 29.5 Å². The highest BCUT2D eigenvalue weighted by Crippen LogP contribution is 2.28. The number of likely N-dealkylation sites (N-methyl/N-ethyl adjacent to an activating group) is 1. The van der Waals surface area contributed by atoms with Crippen molar-refractivity contribution in [1.29, 1.82) is 0 Å². The molecule has 1 aliphatic carbocycles. The molecule has 1 saturated carbocycles. The Morgan fingerprint density at radius 2 is 2.13 bits per heavy atom. The van der Waals surface area contributed by atoms with E-state index in [4.69, 9.17) is 4.74 Å². The van der Waals surface area contributed by atoms with Crippen LogP contribution in [0.5, 0.6) is 0 Å². The molecule has 1 fully saturated rings. The molecule has 1 rings (SSSR count). The van der Waals surface area contributed by atoms with Gasteiger partial charge in [-0.15, -0.1) is 0 Å². The average molecular weight is 213 g/mol. The molecule has 15 heavy (non-hydrogen) atoms. The molecule has 0 heterocycles. The smallest absolute Gasteiger partial charge is 0.126 e. The molecule has 0 unspecified atom stereocenters. The van der Waals surface area contributed by atoms with Crippen LogP contribution in [0.2, 0.25) is 0 Å². The van der Waals surface area contributed by atoms with E-state index >= 15 is 0 Å². The third-order valence-corrected chi connectivity index (χ3v) is 2.66. The van der Waals surface area contributed by atoms with E-state index in [-0.39, 0.29) is 5.41 Å². The number of carbonyl (C=O) groups excluding carboxylic acids is 1. The number of rotatable bonds is 8. The van der Waals surface area contributed by atoms with Crippen LogP contribution < -0.4 is 0 Å². The van der Waals surface area contributed by atoms with Gasteiger partial charge in [0.1, 0.15) is 6.29 Å². The fourth-order valence-corrected chi connectivity index (χ4v) is 1.57. The minimum absolute atomic E-state index is 0.245. The van der Waals surface area contributed by atoms with E-state index in [9.17, 15) is 4.79 Å². The van der Waals surface area contributed by atoms with Crippen molar-refractivity contribution in [2.24, 2.45) is 11.3 Å². The van der Waals surface area contributed by atoms with Gasteiger partial charge in [-0.3, -0.25) is 0 Å². The van der Waals surface area contributed by atoms with Crippen molar-refractivity contribution in [2.75, 3.05) is 33.4 Å². The lowest BCUT2D eigenvalue weighted by Crippen LogP contribution is -2.34. The highest BCUT2D eigenvalue weighted by atomic mass is 16.5. The molecule has 3 heteroatoms. The minimum Gasteiger partial charge on any atom is -0.380 e. The number of nitrogens with zero attached hydrogens (tertiary/aromatic N) is 1. The lowest BCUT2D eigenvalue weighted by Gasteiger charge is -2.25. The molecule has 0 aromatic rings. The van der Waals surface area contributed by atoms with Crippen molar-refractivity contribution < 1.29 is 9.53 Å². The highest BCUT2D eigenvalue weighted by molar-refractivity contribution is 5.58. The SMILES string of the molecule is CN(CCOCC1CC1)CC(C)(C)C=O. The zero-order valence-corrected chi connectivity index (χ0v) is 10.2. The molecule has 0 aliphatic heterocycles. The van der Waals surface area contributed by atoms with Crippen molar-refractivity contribution in [3.8, 4) is 0 Å². The van der Waals surface area contributed by atoms with Gasteiger partial charge in [0, 0.05) is 25.1 Å². The minimum atomic E-state index is -0.245. The van der Waals surface area contributed by atoms with Crippen molar-refractivity contribution in [3.63, 3.8) is 0 Å². The van der Waals surface area contributed by atoms with Gasteiger partial charge >= 0.3 is 0 Å². The van der Waals surface area contributed by atoms with Crippen LogP contribution in [0, 0.1) is 11.3 Å². The number of ether oxygens (including phenoxy) is 1. The maximum Gasteiger partial charge on any atom is 0.126 e. The quantitative estimate of drug-likeness (QED) is 0.453. The highest BCUT2D eigenvalue weighted by Gasteiger charge is 2.21. The van der Waals surface area contributed by atoms with Gasteiger partial charge < -0.3 is 14.4 Å². The molecule has 88 valence electrons. The van der Waals surface area contributed by atoms with E-state index in [0.29, 0.717) is 0 Å². The van der Waals surface area contributed by atoms with Crippen LogP contribution >= 0.6 is 0 Å². The van der Waals surface area contributed by atoms with E-state index in [1.807, 2.05) is 20.9 Å². The van der Waals surface area contributed by atoms with Gasteiger partial charge in [-0.05, 0) is 25.8 Å². The lowest BCUT2D eigenvalue weighted by molar-refractivity contribution is -0.115. The van der Waals surface area contributed by atoms with Crippen molar-refractivity contribution >= 4 is 6.29 Å². The van der Waals surface area contributed by atoms with Crippen molar-refractivity contribution in [2.45, 2.75) is 26.7 Å². The third kappa shape index (κ3) is 5.90. The first-order valence-electron chi connectivity index (χ1n) is 5.76. The summed E-state index contributed by atoms with van der Waals surface area (Å²) in [4.78, 5) is 12.9. The Labute approximate surface area is 92.8 Å². The molecule has 0 saturated heterocycles. The van der Waals surface area contributed by atoms with Crippen molar-refractivity contribution in [3.05, 3.63) is 0 Å². The molecular weight excluding hydrogens is 190 g/mol. The molecule has 0 N–H and O–H groups in total. The van der Waals surface area contributed by atoms with Crippen LogP contribution in [0.3, 0.4) is 0 Å². The van der Waals surface area contributed by atoms with Crippen LogP contribution in [-0.2, 0) is 9.53 Å². The largest absolute Gasteiger partial charge is 0.380 e. The molecule has 0 amide bonds. The van der Waals surface area contributed by atoms with Crippen LogP contribution in [0.4, 0.5) is 0 Å². The summed E-state index contributed by atoms with van der Waals surface area (Å²) < 4.78 is 5.55. The van der Waals surface area contributed by atoms with E-state index in [1.165, 1.54) is 12.8 Å². The number of aldehydes is 1. The van der Waals surface area contributed by atoms with E-state index in [2.05, 4.69) is 4.90 Å². The van der Waals surface area contributed by atoms with Gasteiger partial charge in [0.2, 0.25) is 0 Å². The zero-order chi connectivity index (χ0) is 11.3. The average Bonchev–Trinajstić information content (AvgIpc) is 2.95. The first-order chi connectivity index (χ1) is 7.03. The Morgan fingerprint density at radius 3 is 2.67 bits per heavy atom. The summed E-state index contributed by atoms with van der Waals surface area (Å²) in [6, 6.07) is 0. The van der Waals surface area contributed by atoms with Gasteiger partial charge in [0.15, 0.2) is 0 Å². The predicted octanol–water partition coefficient (Wildman–Crippen LogP) is 1.57. The maximum absolute atomic E-state index is 10.7. The third-order valence-electron chi connectivity index (χ3n) is 2.66. The van der Waals surface area contributed by atoms with Gasteiger partial charge in [0.25, 0.3) is 0 Å². The van der Waals surface area contributed by atoms with Gasteiger partial charge in [0.05, 0.1) is 6.61 Å². The number of carbonyl (C=O) groups is 1. The first-order valence-corrected chi connectivity index (χ1v) is 5.76. The second-order valence-corrected chi connectivity index (χ2v) is 5.36. The molecule has 0 spiro atoms. The summed E-state index contributed by atoms with van der Waals surface area (Å²) in [5.74, 6) is 0.835. The van der Waals surface area contributed by atoms with Gasteiger partial charge in [-0.2, -0.15) is 0 Å². The molecule has 0 aromatic heterocycles. The summed E-state index contributed by atoms with van der Waals surface area (Å²) in [7, 11) is 2.03. The Morgan fingerprint density at radius 1 is 1.47 bits per heavy atom. The molecule has 0 aromatic carbocycles. The first kappa shape index (κ1) is 12.7. The van der Waals surface area contributed by atoms with Crippen LogP contribution in [0.15, 0.2) is 0 Å². The molecule has 3 nitrogen and oxygen atoms in total. The second kappa shape index (κ2) is 5.61. The van der Waals surface area contributed by atoms with Crippen LogP contribution in [-0.4, -0.2) is 44.5 Å². The predicted molar refractivity (Wildman–Crippen MR) is 60.9 cm³/mol. The van der Waals surface area contributed by atoms with Crippen LogP contribution in [0.25, 0.3) is 0 Å². The Bertz CT molecular complexity index is 200. The van der Waals surface area contributed by atoms with E-state index < -0.39 is 0 Å². The molecular formula is C12H23NO2. The standard InChI is InChI=1S/C12H23NO2/c1-12(2,10-14)9-13(3)6-7-15-8-11-4-5-11/h10-11H,4-9H2,1-3H3. The normalized spacial score (nSPS) is 17.1. The second-order valence-electron chi connectivity index (χ2n) is 5.36. The number of hydrogen-bond donors (Lipinski definition) is 0. The molecule has 0 radical (unpaired) electrons. The fourth-order valence-electron chi connectivity index (χ4n) is 1.57.